The Hall–Kier alpha value is -0.530. The maximum atomic E-state index is 11.6. The summed E-state index contributed by atoms with van der Waals surface area (Å²) < 4.78 is 0. The standard InChI is InChI=1S/C19H38NO/c1-4-5-6-7-8-9-10-11-12-13-14-15-19(21)20-17-16-18(2)3/h4-17H2,1-3H3,(H,20,21). The third-order valence-electron chi connectivity index (χ3n) is 3.95. The predicted molar refractivity (Wildman–Crippen MR) is 93.3 cm³/mol. The smallest absolute Gasteiger partial charge is 0.219 e. The van der Waals surface area contributed by atoms with Crippen molar-refractivity contribution < 1.29 is 4.79 Å². The van der Waals surface area contributed by atoms with Gasteiger partial charge >= 0.3 is 0 Å². The van der Waals surface area contributed by atoms with Crippen LogP contribution >= 0.6 is 0 Å². The van der Waals surface area contributed by atoms with E-state index in [0.717, 1.165) is 19.4 Å². The fraction of sp³-hybridized carbons (Fsp3) is 0.895. The first-order chi connectivity index (χ1) is 10.2. The summed E-state index contributed by atoms with van der Waals surface area (Å²) in [6, 6.07) is 0. The third-order valence-corrected chi connectivity index (χ3v) is 3.95. The van der Waals surface area contributed by atoms with Gasteiger partial charge < -0.3 is 5.32 Å². The Morgan fingerprint density at radius 3 is 1.67 bits per heavy atom. The van der Waals surface area contributed by atoms with E-state index in [0.29, 0.717) is 6.42 Å². The first-order valence-electron chi connectivity index (χ1n) is 9.22. The number of hydrogen-bond donors (Lipinski definition) is 1. The molecule has 2 nitrogen and oxygen atoms in total. The average Bonchev–Trinajstić information content (AvgIpc) is 2.44. The van der Waals surface area contributed by atoms with Gasteiger partial charge in [0.15, 0.2) is 0 Å². The van der Waals surface area contributed by atoms with Crippen LogP contribution in [0.4, 0.5) is 0 Å². The molecule has 0 bridgehead atoms. The molecule has 0 unspecified atom stereocenters. The van der Waals surface area contributed by atoms with E-state index in [1.54, 1.807) is 0 Å². The van der Waals surface area contributed by atoms with Crippen LogP contribution in [0.1, 0.15) is 104 Å². The van der Waals surface area contributed by atoms with Crippen molar-refractivity contribution in [3.8, 4) is 0 Å². The Labute approximate surface area is 133 Å². The van der Waals surface area contributed by atoms with E-state index in [2.05, 4.69) is 26.1 Å². The molecule has 1 N–H and O–H groups in total. The molecular formula is C19H38NO. The van der Waals surface area contributed by atoms with Crippen molar-refractivity contribution in [2.24, 2.45) is 0 Å². The van der Waals surface area contributed by atoms with Crippen molar-refractivity contribution in [1.82, 2.24) is 5.32 Å². The highest BCUT2D eigenvalue weighted by Crippen LogP contribution is 2.11. The predicted octanol–water partition coefficient (Wildman–Crippen LogP) is 5.81. The van der Waals surface area contributed by atoms with E-state index in [-0.39, 0.29) is 5.91 Å². The Morgan fingerprint density at radius 2 is 1.19 bits per heavy atom. The van der Waals surface area contributed by atoms with Crippen molar-refractivity contribution in [2.45, 2.75) is 104 Å². The highest BCUT2D eigenvalue weighted by atomic mass is 16.1. The Bertz CT molecular complexity index is 226. The summed E-state index contributed by atoms with van der Waals surface area (Å²) in [7, 11) is 0. The highest BCUT2D eigenvalue weighted by Gasteiger charge is 2.01. The quantitative estimate of drug-likeness (QED) is 0.380. The number of rotatable bonds is 15. The van der Waals surface area contributed by atoms with Gasteiger partial charge in [0.05, 0.1) is 0 Å². The number of carbonyl (C=O) groups is 1. The van der Waals surface area contributed by atoms with Crippen LogP contribution in [0, 0.1) is 5.92 Å². The van der Waals surface area contributed by atoms with Crippen molar-refractivity contribution in [2.75, 3.05) is 6.54 Å². The number of amides is 1. The van der Waals surface area contributed by atoms with Gasteiger partial charge in [0.25, 0.3) is 0 Å². The second-order valence-electron chi connectivity index (χ2n) is 6.59. The molecule has 0 aliphatic carbocycles. The van der Waals surface area contributed by atoms with Gasteiger partial charge in [-0.2, -0.15) is 0 Å². The Balaban J connectivity index is 3.12. The lowest BCUT2D eigenvalue weighted by molar-refractivity contribution is -0.121. The fourth-order valence-corrected chi connectivity index (χ4v) is 2.49. The molecule has 0 aromatic carbocycles. The highest BCUT2D eigenvalue weighted by molar-refractivity contribution is 5.75. The molecule has 0 aromatic heterocycles. The first-order valence-corrected chi connectivity index (χ1v) is 9.22. The zero-order chi connectivity index (χ0) is 15.8. The van der Waals surface area contributed by atoms with Gasteiger partial charge in [0, 0.05) is 13.0 Å². The summed E-state index contributed by atoms with van der Waals surface area (Å²) in [4.78, 5) is 11.6. The van der Waals surface area contributed by atoms with E-state index >= 15 is 0 Å². The monoisotopic (exact) mass is 296 g/mol. The molecule has 0 saturated carbocycles. The largest absolute Gasteiger partial charge is 0.356 e. The van der Waals surface area contributed by atoms with Crippen LogP contribution in [-0.2, 0) is 4.79 Å². The van der Waals surface area contributed by atoms with E-state index in [1.807, 2.05) is 0 Å². The van der Waals surface area contributed by atoms with E-state index < -0.39 is 0 Å². The Kier molecular flexibility index (Phi) is 15.5. The fourth-order valence-electron chi connectivity index (χ4n) is 2.49. The van der Waals surface area contributed by atoms with Gasteiger partial charge in [0.2, 0.25) is 5.91 Å². The lowest BCUT2D eigenvalue weighted by atomic mass is 10.1. The summed E-state index contributed by atoms with van der Waals surface area (Å²) >= 11 is 0. The summed E-state index contributed by atoms with van der Waals surface area (Å²) in [5.41, 5.74) is 0. The van der Waals surface area contributed by atoms with Crippen LogP contribution in [0.5, 0.6) is 0 Å². The van der Waals surface area contributed by atoms with Gasteiger partial charge in [0.1, 0.15) is 0 Å². The molecule has 1 radical (unpaired) electrons. The molecule has 2 heteroatoms. The molecule has 0 spiro atoms. The van der Waals surface area contributed by atoms with E-state index in [4.69, 9.17) is 0 Å². The van der Waals surface area contributed by atoms with Crippen LogP contribution in [-0.4, -0.2) is 12.5 Å². The molecule has 0 rings (SSSR count). The second kappa shape index (κ2) is 15.9. The zero-order valence-electron chi connectivity index (χ0n) is 14.8. The summed E-state index contributed by atoms with van der Waals surface area (Å²) in [5, 5.41) is 2.99. The molecule has 1 amide bonds. The summed E-state index contributed by atoms with van der Waals surface area (Å²) in [6.45, 7) is 7.29. The third kappa shape index (κ3) is 17.4. The molecule has 21 heavy (non-hydrogen) atoms. The van der Waals surface area contributed by atoms with Gasteiger partial charge in [-0.15, -0.1) is 0 Å². The minimum Gasteiger partial charge on any atom is -0.356 e. The number of hydrogen-bond acceptors (Lipinski definition) is 1. The molecule has 0 aliphatic rings. The van der Waals surface area contributed by atoms with Crippen LogP contribution in [0.2, 0.25) is 0 Å². The van der Waals surface area contributed by atoms with Crippen molar-refractivity contribution >= 4 is 5.91 Å². The van der Waals surface area contributed by atoms with Crippen molar-refractivity contribution in [3.05, 3.63) is 5.92 Å². The average molecular weight is 297 g/mol. The van der Waals surface area contributed by atoms with Gasteiger partial charge in [-0.3, -0.25) is 4.79 Å². The van der Waals surface area contributed by atoms with Crippen LogP contribution in [0.3, 0.4) is 0 Å². The number of nitrogens with one attached hydrogen (secondary N) is 1. The molecule has 125 valence electrons. The Morgan fingerprint density at radius 1 is 0.714 bits per heavy atom. The minimum absolute atomic E-state index is 0.229. The first kappa shape index (κ1) is 20.5. The van der Waals surface area contributed by atoms with Gasteiger partial charge in [-0.25, -0.2) is 0 Å². The maximum Gasteiger partial charge on any atom is 0.219 e. The van der Waals surface area contributed by atoms with Gasteiger partial charge in [-0.05, 0) is 18.8 Å². The molecule has 0 saturated heterocycles. The van der Waals surface area contributed by atoms with Crippen LogP contribution < -0.4 is 5.32 Å². The lowest BCUT2D eigenvalue weighted by Crippen LogP contribution is -2.24. The second-order valence-corrected chi connectivity index (χ2v) is 6.59. The molecule has 0 atom stereocenters. The topological polar surface area (TPSA) is 29.1 Å². The molecule has 0 aromatic rings. The summed E-state index contributed by atoms with van der Waals surface area (Å²) in [5.74, 6) is 1.61. The molecular weight excluding hydrogens is 258 g/mol. The summed E-state index contributed by atoms with van der Waals surface area (Å²) in [6.07, 6.45) is 16.4. The van der Waals surface area contributed by atoms with Crippen molar-refractivity contribution in [1.29, 1.82) is 0 Å². The maximum absolute atomic E-state index is 11.6. The normalized spacial score (nSPS) is 11.0. The number of carbonyl (C=O) groups excluding carboxylic acids is 1. The lowest BCUT2D eigenvalue weighted by Gasteiger charge is -2.06. The van der Waals surface area contributed by atoms with E-state index in [1.165, 1.54) is 70.1 Å². The van der Waals surface area contributed by atoms with Crippen LogP contribution in [0.25, 0.3) is 0 Å². The van der Waals surface area contributed by atoms with Crippen molar-refractivity contribution in [3.63, 3.8) is 0 Å². The minimum atomic E-state index is 0.229. The van der Waals surface area contributed by atoms with Crippen LogP contribution in [0.15, 0.2) is 0 Å². The van der Waals surface area contributed by atoms with E-state index in [9.17, 15) is 4.79 Å². The molecule has 0 fully saturated rings. The SMILES string of the molecule is CCCCCCCCCCCCCC(=O)NCC[C](C)C. The van der Waals surface area contributed by atoms with Gasteiger partial charge in [-0.1, -0.05) is 85.0 Å². The number of unbranched alkanes of at least 4 members (excludes halogenated alkanes) is 10. The molecule has 0 heterocycles. The molecule has 0 aliphatic heterocycles. The zero-order valence-corrected chi connectivity index (χ0v) is 14.8.